The van der Waals surface area contributed by atoms with Gasteiger partial charge in [0.25, 0.3) is 0 Å². The minimum Gasteiger partial charge on any atom is -0.314 e. The van der Waals surface area contributed by atoms with Gasteiger partial charge in [0, 0.05) is 6.04 Å². The third-order valence-electron chi connectivity index (χ3n) is 2.53. The first-order valence-electron chi connectivity index (χ1n) is 4.66. The van der Waals surface area contributed by atoms with Crippen molar-refractivity contribution < 1.29 is 0 Å². The highest BCUT2D eigenvalue weighted by atomic mass is 35.5. The van der Waals surface area contributed by atoms with Crippen molar-refractivity contribution >= 4 is 12.4 Å². The van der Waals surface area contributed by atoms with E-state index in [-0.39, 0.29) is 12.4 Å². The topological polar surface area (TPSA) is 12.0 Å². The van der Waals surface area contributed by atoms with E-state index in [0.29, 0.717) is 6.04 Å². The molecule has 1 nitrogen and oxygen atoms in total. The van der Waals surface area contributed by atoms with E-state index >= 15 is 0 Å². The summed E-state index contributed by atoms with van der Waals surface area (Å²) in [6.45, 7) is 3.38. The Labute approximate surface area is 86.0 Å². The summed E-state index contributed by atoms with van der Waals surface area (Å²) < 4.78 is 0. The van der Waals surface area contributed by atoms with E-state index < -0.39 is 0 Å². The van der Waals surface area contributed by atoms with Crippen molar-refractivity contribution in [3.05, 3.63) is 35.4 Å². The lowest BCUT2D eigenvalue weighted by atomic mass is 10.0. The Bertz CT molecular complexity index is 273. The first-order chi connectivity index (χ1) is 5.86. The van der Waals surface area contributed by atoms with Crippen LogP contribution in [0.15, 0.2) is 24.3 Å². The van der Waals surface area contributed by atoms with Gasteiger partial charge in [0.2, 0.25) is 0 Å². The molecule has 0 aliphatic carbocycles. The Hall–Kier alpha value is -0.530. The molecule has 1 unspecified atom stereocenters. The number of hydrogen-bond acceptors (Lipinski definition) is 1. The molecule has 0 saturated heterocycles. The molecule has 0 spiro atoms. The Morgan fingerprint density at radius 2 is 1.92 bits per heavy atom. The van der Waals surface area contributed by atoms with E-state index in [2.05, 4.69) is 36.5 Å². The van der Waals surface area contributed by atoms with Gasteiger partial charge >= 0.3 is 0 Å². The van der Waals surface area contributed by atoms with Gasteiger partial charge in [0.15, 0.2) is 0 Å². The second-order valence-corrected chi connectivity index (χ2v) is 3.58. The van der Waals surface area contributed by atoms with Crippen LogP contribution < -0.4 is 5.32 Å². The maximum absolute atomic E-state index is 3.49. The molecule has 13 heavy (non-hydrogen) atoms. The fourth-order valence-electron chi connectivity index (χ4n) is 1.86. The minimum atomic E-state index is 0. The standard InChI is InChI=1S/C11H15N.ClH/c1-9-8-11-5-3-2-4-10(11)6-7-12-9;/h2-5,9,12H,6-8H2,1H3;1H. The van der Waals surface area contributed by atoms with Crippen molar-refractivity contribution in [1.29, 1.82) is 0 Å². The van der Waals surface area contributed by atoms with E-state index in [1.807, 2.05) is 0 Å². The lowest BCUT2D eigenvalue weighted by Gasteiger charge is -2.08. The molecular weight excluding hydrogens is 182 g/mol. The van der Waals surface area contributed by atoms with Crippen LogP contribution >= 0.6 is 12.4 Å². The summed E-state index contributed by atoms with van der Waals surface area (Å²) in [6, 6.07) is 9.40. The SMILES string of the molecule is CC1Cc2ccccc2CCN1.Cl. The smallest absolute Gasteiger partial charge is 0.00793 e. The molecule has 0 saturated carbocycles. The van der Waals surface area contributed by atoms with Crippen molar-refractivity contribution in [3.63, 3.8) is 0 Å². The molecule has 1 aromatic carbocycles. The molecule has 1 aliphatic heterocycles. The highest BCUT2D eigenvalue weighted by Gasteiger charge is 2.10. The van der Waals surface area contributed by atoms with E-state index in [1.165, 1.54) is 24.0 Å². The first-order valence-corrected chi connectivity index (χ1v) is 4.66. The molecule has 1 atom stereocenters. The molecule has 0 amide bonds. The van der Waals surface area contributed by atoms with E-state index in [0.717, 1.165) is 6.54 Å². The van der Waals surface area contributed by atoms with Gasteiger partial charge in [-0.05, 0) is 37.4 Å². The summed E-state index contributed by atoms with van der Waals surface area (Å²) in [5.41, 5.74) is 3.05. The molecule has 2 heteroatoms. The fourth-order valence-corrected chi connectivity index (χ4v) is 1.86. The van der Waals surface area contributed by atoms with Crippen LogP contribution in [0.5, 0.6) is 0 Å². The largest absolute Gasteiger partial charge is 0.314 e. The number of rotatable bonds is 0. The van der Waals surface area contributed by atoms with Crippen LogP contribution in [-0.2, 0) is 12.8 Å². The van der Waals surface area contributed by atoms with Gasteiger partial charge in [-0.1, -0.05) is 24.3 Å². The average molecular weight is 198 g/mol. The quantitative estimate of drug-likeness (QED) is 0.673. The molecule has 72 valence electrons. The number of halogens is 1. The monoisotopic (exact) mass is 197 g/mol. The van der Waals surface area contributed by atoms with Gasteiger partial charge in [0.05, 0.1) is 0 Å². The predicted octanol–water partition coefficient (Wildman–Crippen LogP) is 2.19. The van der Waals surface area contributed by atoms with Gasteiger partial charge in [0.1, 0.15) is 0 Å². The Balaban J connectivity index is 0.000000845. The van der Waals surface area contributed by atoms with Crippen molar-refractivity contribution in [2.24, 2.45) is 0 Å². The van der Waals surface area contributed by atoms with E-state index in [1.54, 1.807) is 0 Å². The van der Waals surface area contributed by atoms with Gasteiger partial charge in [-0.2, -0.15) is 0 Å². The zero-order valence-electron chi connectivity index (χ0n) is 7.92. The molecule has 1 heterocycles. The Morgan fingerprint density at radius 3 is 2.69 bits per heavy atom. The third kappa shape index (κ3) is 2.45. The highest BCUT2D eigenvalue weighted by Crippen LogP contribution is 2.14. The normalized spacial score (nSPS) is 21.2. The summed E-state index contributed by atoms with van der Waals surface area (Å²) in [7, 11) is 0. The Kier molecular flexibility index (Phi) is 3.76. The fraction of sp³-hybridized carbons (Fsp3) is 0.455. The van der Waals surface area contributed by atoms with Crippen LogP contribution in [0, 0.1) is 0 Å². The maximum Gasteiger partial charge on any atom is 0.00793 e. The molecule has 0 aromatic heterocycles. The number of benzene rings is 1. The number of nitrogens with one attached hydrogen (secondary N) is 1. The van der Waals surface area contributed by atoms with Crippen LogP contribution in [0.25, 0.3) is 0 Å². The van der Waals surface area contributed by atoms with Crippen molar-refractivity contribution in [1.82, 2.24) is 5.32 Å². The Morgan fingerprint density at radius 1 is 1.23 bits per heavy atom. The van der Waals surface area contributed by atoms with Gasteiger partial charge < -0.3 is 5.32 Å². The molecule has 1 N–H and O–H groups in total. The number of fused-ring (bicyclic) bond motifs is 1. The zero-order chi connectivity index (χ0) is 8.39. The summed E-state index contributed by atoms with van der Waals surface area (Å²) in [5, 5.41) is 3.49. The summed E-state index contributed by atoms with van der Waals surface area (Å²) >= 11 is 0. The first kappa shape index (κ1) is 10.6. The predicted molar refractivity (Wildman–Crippen MR) is 58.6 cm³/mol. The second-order valence-electron chi connectivity index (χ2n) is 3.58. The van der Waals surface area contributed by atoms with Crippen LogP contribution in [0.4, 0.5) is 0 Å². The van der Waals surface area contributed by atoms with E-state index in [4.69, 9.17) is 0 Å². The molecular formula is C11H16ClN. The minimum absolute atomic E-state index is 0. The molecule has 1 aliphatic rings. The highest BCUT2D eigenvalue weighted by molar-refractivity contribution is 5.85. The summed E-state index contributed by atoms with van der Waals surface area (Å²) in [4.78, 5) is 0. The van der Waals surface area contributed by atoms with Crippen LogP contribution in [0.2, 0.25) is 0 Å². The average Bonchev–Trinajstić information content (AvgIpc) is 2.25. The second kappa shape index (κ2) is 4.64. The zero-order valence-corrected chi connectivity index (χ0v) is 8.73. The number of hydrogen-bond donors (Lipinski definition) is 1. The third-order valence-corrected chi connectivity index (χ3v) is 2.53. The van der Waals surface area contributed by atoms with Crippen LogP contribution in [-0.4, -0.2) is 12.6 Å². The molecule has 1 aromatic rings. The van der Waals surface area contributed by atoms with Crippen molar-refractivity contribution in [3.8, 4) is 0 Å². The molecule has 0 bridgehead atoms. The molecule has 2 rings (SSSR count). The lowest BCUT2D eigenvalue weighted by Crippen LogP contribution is -2.27. The summed E-state index contributed by atoms with van der Waals surface area (Å²) in [6.07, 6.45) is 2.36. The van der Waals surface area contributed by atoms with Crippen molar-refractivity contribution in [2.75, 3.05) is 6.54 Å². The van der Waals surface area contributed by atoms with Crippen LogP contribution in [0.3, 0.4) is 0 Å². The maximum atomic E-state index is 3.49. The van der Waals surface area contributed by atoms with Gasteiger partial charge in [-0.3, -0.25) is 0 Å². The molecule has 0 radical (unpaired) electrons. The molecule has 0 fully saturated rings. The van der Waals surface area contributed by atoms with Crippen LogP contribution in [0.1, 0.15) is 18.1 Å². The van der Waals surface area contributed by atoms with Crippen molar-refractivity contribution in [2.45, 2.75) is 25.8 Å². The van der Waals surface area contributed by atoms with Gasteiger partial charge in [-0.15, -0.1) is 12.4 Å². The summed E-state index contributed by atoms with van der Waals surface area (Å²) in [5.74, 6) is 0. The lowest BCUT2D eigenvalue weighted by molar-refractivity contribution is 0.568. The van der Waals surface area contributed by atoms with E-state index in [9.17, 15) is 0 Å². The van der Waals surface area contributed by atoms with Gasteiger partial charge in [-0.25, -0.2) is 0 Å².